The number of carbonyl (C=O) groups excluding carboxylic acids is 1. The molecule has 0 fully saturated rings. The van der Waals surface area contributed by atoms with Crippen LogP contribution in [0.15, 0.2) is 18.2 Å². The van der Waals surface area contributed by atoms with E-state index in [1.165, 1.54) is 0 Å². The molecule has 0 aliphatic carbocycles. The first-order valence-electron chi connectivity index (χ1n) is 5.82. The minimum absolute atomic E-state index is 0.172. The van der Waals surface area contributed by atoms with Crippen molar-refractivity contribution >= 4 is 29.2 Å². The molecule has 0 aliphatic rings. The van der Waals surface area contributed by atoms with Gasteiger partial charge in [-0.15, -0.1) is 0 Å². The highest BCUT2D eigenvalue weighted by Crippen LogP contribution is 2.26. The topological polar surface area (TPSA) is 46.5 Å². The van der Waals surface area contributed by atoms with Gasteiger partial charge in [0.2, 0.25) is 0 Å². The molecular weight excluding hydrogens is 275 g/mol. The van der Waals surface area contributed by atoms with Gasteiger partial charge in [0.05, 0.1) is 12.7 Å². The molecule has 0 spiro atoms. The lowest BCUT2D eigenvalue weighted by molar-refractivity contribution is -0.144. The van der Waals surface area contributed by atoms with Gasteiger partial charge < -0.3 is 9.84 Å². The average Bonchev–Trinajstić information content (AvgIpc) is 2.32. The number of aliphatic hydroxyl groups is 1. The zero-order valence-electron chi connectivity index (χ0n) is 10.2. The van der Waals surface area contributed by atoms with Crippen molar-refractivity contribution in [3.63, 3.8) is 0 Å². The van der Waals surface area contributed by atoms with Gasteiger partial charge in [0.25, 0.3) is 0 Å². The SMILES string of the molecule is CCCOC(=O)CCC(O)c1cc(Cl)cc(Cl)c1. The van der Waals surface area contributed by atoms with Crippen LogP contribution in [0.5, 0.6) is 0 Å². The molecule has 5 heteroatoms. The van der Waals surface area contributed by atoms with Crippen LogP contribution >= 0.6 is 23.2 Å². The fraction of sp³-hybridized carbons (Fsp3) is 0.462. The summed E-state index contributed by atoms with van der Waals surface area (Å²) in [4.78, 5) is 11.3. The molecule has 1 N–H and O–H groups in total. The van der Waals surface area contributed by atoms with E-state index < -0.39 is 6.10 Å². The van der Waals surface area contributed by atoms with Crippen LogP contribution in [0.4, 0.5) is 0 Å². The number of hydrogen-bond acceptors (Lipinski definition) is 3. The van der Waals surface area contributed by atoms with Crippen molar-refractivity contribution in [3.8, 4) is 0 Å². The first kappa shape index (κ1) is 15.3. The smallest absolute Gasteiger partial charge is 0.305 e. The van der Waals surface area contributed by atoms with Gasteiger partial charge >= 0.3 is 5.97 Å². The predicted octanol–water partition coefficient (Wildman–Crippen LogP) is 3.76. The fourth-order valence-electron chi connectivity index (χ4n) is 1.48. The molecule has 3 nitrogen and oxygen atoms in total. The summed E-state index contributed by atoms with van der Waals surface area (Å²) in [5, 5.41) is 10.8. The second-order valence-electron chi connectivity index (χ2n) is 3.98. The zero-order valence-corrected chi connectivity index (χ0v) is 11.7. The predicted molar refractivity (Wildman–Crippen MR) is 71.9 cm³/mol. The Morgan fingerprint density at radius 1 is 1.33 bits per heavy atom. The molecule has 0 bridgehead atoms. The van der Waals surface area contributed by atoms with Crippen LogP contribution in [0.1, 0.15) is 37.9 Å². The minimum Gasteiger partial charge on any atom is -0.466 e. The van der Waals surface area contributed by atoms with Gasteiger partial charge in [0.15, 0.2) is 0 Å². The van der Waals surface area contributed by atoms with E-state index in [9.17, 15) is 9.90 Å². The summed E-state index contributed by atoms with van der Waals surface area (Å²) >= 11 is 11.7. The number of esters is 1. The Labute approximate surface area is 117 Å². The van der Waals surface area contributed by atoms with Crippen molar-refractivity contribution in [2.45, 2.75) is 32.3 Å². The third-order valence-electron chi connectivity index (χ3n) is 2.36. The maximum absolute atomic E-state index is 11.3. The van der Waals surface area contributed by atoms with Crippen LogP contribution in [0.2, 0.25) is 10.0 Å². The van der Waals surface area contributed by atoms with Crippen molar-refractivity contribution in [1.29, 1.82) is 0 Å². The van der Waals surface area contributed by atoms with Gasteiger partial charge in [-0.1, -0.05) is 30.1 Å². The Morgan fingerprint density at radius 3 is 2.50 bits per heavy atom. The number of benzene rings is 1. The molecule has 18 heavy (non-hydrogen) atoms. The first-order valence-corrected chi connectivity index (χ1v) is 6.58. The molecule has 0 saturated heterocycles. The number of carbonyl (C=O) groups is 1. The third kappa shape index (κ3) is 5.25. The van der Waals surface area contributed by atoms with Crippen LogP contribution in [0.25, 0.3) is 0 Å². The fourth-order valence-corrected chi connectivity index (χ4v) is 2.02. The molecule has 0 radical (unpaired) electrons. The van der Waals surface area contributed by atoms with Gasteiger partial charge in [-0.25, -0.2) is 0 Å². The van der Waals surface area contributed by atoms with Gasteiger partial charge in [-0.05, 0) is 36.6 Å². The van der Waals surface area contributed by atoms with Crippen molar-refractivity contribution in [2.75, 3.05) is 6.61 Å². The van der Waals surface area contributed by atoms with E-state index in [-0.39, 0.29) is 12.4 Å². The summed E-state index contributed by atoms with van der Waals surface area (Å²) < 4.78 is 4.92. The zero-order chi connectivity index (χ0) is 13.5. The lowest BCUT2D eigenvalue weighted by Gasteiger charge is -2.11. The van der Waals surface area contributed by atoms with Crippen LogP contribution in [0, 0.1) is 0 Å². The van der Waals surface area contributed by atoms with Crippen LogP contribution in [0.3, 0.4) is 0 Å². The molecule has 100 valence electrons. The number of aliphatic hydroxyl groups excluding tert-OH is 1. The van der Waals surface area contributed by atoms with Crippen LogP contribution in [-0.2, 0) is 9.53 Å². The van der Waals surface area contributed by atoms with Gasteiger partial charge in [0.1, 0.15) is 0 Å². The van der Waals surface area contributed by atoms with Crippen molar-refractivity contribution in [1.82, 2.24) is 0 Å². The molecule has 0 aromatic heterocycles. The normalized spacial score (nSPS) is 12.2. The molecule has 1 aromatic rings. The minimum atomic E-state index is -0.768. The molecule has 1 aromatic carbocycles. The van der Waals surface area contributed by atoms with Crippen LogP contribution in [-0.4, -0.2) is 17.7 Å². The maximum atomic E-state index is 11.3. The quantitative estimate of drug-likeness (QED) is 0.812. The highest BCUT2D eigenvalue weighted by atomic mass is 35.5. The summed E-state index contributed by atoms with van der Waals surface area (Å²) in [5.41, 5.74) is 0.607. The van der Waals surface area contributed by atoms with Crippen molar-refractivity contribution < 1.29 is 14.6 Å². The van der Waals surface area contributed by atoms with E-state index in [1.54, 1.807) is 18.2 Å². The Morgan fingerprint density at radius 2 is 1.94 bits per heavy atom. The summed E-state index contributed by atoms with van der Waals surface area (Å²) in [7, 11) is 0. The second kappa shape index (κ2) is 7.62. The lowest BCUT2D eigenvalue weighted by atomic mass is 10.1. The standard InChI is InChI=1S/C13H16Cl2O3/c1-2-5-18-13(17)4-3-12(16)9-6-10(14)8-11(15)7-9/h6-8,12,16H,2-5H2,1H3. The molecule has 1 rings (SSSR count). The molecule has 0 amide bonds. The molecule has 0 saturated carbocycles. The maximum Gasteiger partial charge on any atom is 0.305 e. The molecule has 0 aliphatic heterocycles. The summed E-state index contributed by atoms with van der Waals surface area (Å²) in [5.74, 6) is -0.302. The van der Waals surface area contributed by atoms with E-state index >= 15 is 0 Å². The number of hydrogen-bond donors (Lipinski definition) is 1. The Balaban J connectivity index is 2.49. The van der Waals surface area contributed by atoms with Gasteiger partial charge in [-0.2, -0.15) is 0 Å². The molecular formula is C13H16Cl2O3. The number of ether oxygens (including phenoxy) is 1. The average molecular weight is 291 g/mol. The van der Waals surface area contributed by atoms with E-state index in [4.69, 9.17) is 27.9 Å². The summed E-state index contributed by atoms with van der Waals surface area (Å²) in [6.07, 6.45) is 0.485. The van der Waals surface area contributed by atoms with Crippen molar-refractivity contribution in [3.05, 3.63) is 33.8 Å². The van der Waals surface area contributed by atoms with E-state index in [2.05, 4.69) is 0 Å². The summed E-state index contributed by atoms with van der Waals surface area (Å²) in [6, 6.07) is 4.86. The highest BCUT2D eigenvalue weighted by Gasteiger charge is 2.12. The monoisotopic (exact) mass is 290 g/mol. The van der Waals surface area contributed by atoms with Gasteiger partial charge in [0, 0.05) is 16.5 Å². The number of rotatable bonds is 6. The van der Waals surface area contributed by atoms with E-state index in [1.807, 2.05) is 6.92 Å². The van der Waals surface area contributed by atoms with E-state index in [0.717, 1.165) is 6.42 Å². The Kier molecular flexibility index (Phi) is 6.47. The number of halogens is 2. The molecule has 0 heterocycles. The van der Waals surface area contributed by atoms with Crippen LogP contribution < -0.4 is 0 Å². The Hall–Kier alpha value is -0.770. The lowest BCUT2D eigenvalue weighted by Crippen LogP contribution is -2.08. The molecule has 1 atom stereocenters. The Bertz CT molecular complexity index is 387. The summed E-state index contributed by atoms with van der Waals surface area (Å²) in [6.45, 7) is 2.34. The first-order chi connectivity index (χ1) is 8.52. The highest BCUT2D eigenvalue weighted by molar-refractivity contribution is 6.34. The largest absolute Gasteiger partial charge is 0.466 e. The van der Waals surface area contributed by atoms with Gasteiger partial charge in [-0.3, -0.25) is 4.79 Å². The third-order valence-corrected chi connectivity index (χ3v) is 2.80. The van der Waals surface area contributed by atoms with E-state index in [0.29, 0.717) is 28.6 Å². The second-order valence-corrected chi connectivity index (χ2v) is 4.85. The van der Waals surface area contributed by atoms with Crippen molar-refractivity contribution in [2.24, 2.45) is 0 Å². The molecule has 1 unspecified atom stereocenters.